The van der Waals surface area contributed by atoms with Crippen molar-refractivity contribution in [3.63, 3.8) is 0 Å². The van der Waals surface area contributed by atoms with Gasteiger partial charge in [0.05, 0.1) is 5.69 Å². The van der Waals surface area contributed by atoms with E-state index >= 15 is 0 Å². The van der Waals surface area contributed by atoms with Gasteiger partial charge in [0.25, 0.3) is 0 Å². The number of nitrogens with one attached hydrogen (secondary N) is 2. The Morgan fingerprint density at radius 1 is 1.10 bits per heavy atom. The molecule has 2 N–H and O–H groups in total. The summed E-state index contributed by atoms with van der Waals surface area (Å²) < 4.78 is 2.28. The SMILES string of the molecule is Cl.Cl.O=C(CC1CC2CCC(C1)N2)Nc1ccc(-c2cn3c(n2)CCCC3)cc1. The van der Waals surface area contributed by atoms with Gasteiger partial charge in [0.1, 0.15) is 5.82 Å². The topological polar surface area (TPSA) is 59.0 Å². The maximum absolute atomic E-state index is 12.5. The standard InChI is InChI=1S/C22H28N4O.2ClH/c27-22(13-15-11-18-8-9-19(12-15)23-18)24-17-6-4-16(5-7-17)20-14-26-10-2-1-3-21(26)25-20;;/h4-7,14-15,18-19,23H,1-3,8-13H2,(H,24,27);2*1H. The number of hydrogen-bond acceptors (Lipinski definition) is 3. The first-order chi connectivity index (χ1) is 13.2. The summed E-state index contributed by atoms with van der Waals surface area (Å²) in [7, 11) is 0. The predicted molar refractivity (Wildman–Crippen MR) is 121 cm³/mol. The van der Waals surface area contributed by atoms with Gasteiger partial charge in [-0.2, -0.15) is 0 Å². The lowest BCUT2D eigenvalue weighted by atomic mass is 9.89. The molecule has 1 aromatic heterocycles. The van der Waals surface area contributed by atoms with Crippen LogP contribution in [0.3, 0.4) is 0 Å². The zero-order valence-corrected chi connectivity index (χ0v) is 18.2. The van der Waals surface area contributed by atoms with Gasteiger partial charge in [-0.05, 0) is 56.6 Å². The number of hydrogen-bond donors (Lipinski definition) is 2. The van der Waals surface area contributed by atoms with E-state index in [1.54, 1.807) is 0 Å². The van der Waals surface area contributed by atoms with E-state index in [-0.39, 0.29) is 30.7 Å². The number of halogens is 2. The molecule has 4 heterocycles. The van der Waals surface area contributed by atoms with Crippen LogP contribution < -0.4 is 10.6 Å². The second kappa shape index (κ2) is 9.50. The molecule has 2 aromatic rings. The summed E-state index contributed by atoms with van der Waals surface area (Å²) in [5.74, 6) is 1.87. The molecular formula is C22H30Cl2N4O. The van der Waals surface area contributed by atoms with Crippen LogP contribution in [0.15, 0.2) is 30.5 Å². The molecule has 1 aromatic carbocycles. The van der Waals surface area contributed by atoms with Crippen LogP contribution in [0.25, 0.3) is 11.3 Å². The zero-order chi connectivity index (χ0) is 18.2. The van der Waals surface area contributed by atoms with Crippen LogP contribution in [0.1, 0.15) is 50.8 Å². The number of nitrogens with zero attached hydrogens (tertiary/aromatic N) is 2. The molecule has 0 radical (unpaired) electrons. The highest BCUT2D eigenvalue weighted by atomic mass is 35.5. The molecule has 7 heteroatoms. The number of piperidine rings is 1. The van der Waals surface area contributed by atoms with Crippen molar-refractivity contribution in [2.24, 2.45) is 5.92 Å². The predicted octanol–water partition coefficient (Wildman–Crippen LogP) is 4.59. The van der Waals surface area contributed by atoms with Gasteiger partial charge < -0.3 is 15.2 Å². The molecule has 29 heavy (non-hydrogen) atoms. The summed E-state index contributed by atoms with van der Waals surface area (Å²) in [6.07, 6.45) is 11.2. The Bertz CT molecular complexity index is 800. The Morgan fingerprint density at radius 2 is 1.83 bits per heavy atom. The Labute approximate surface area is 184 Å². The number of carbonyl (C=O) groups excluding carboxylic acids is 1. The number of aryl methyl sites for hydroxylation is 2. The molecule has 0 spiro atoms. The van der Waals surface area contributed by atoms with E-state index in [0.717, 1.165) is 42.8 Å². The summed E-state index contributed by atoms with van der Waals surface area (Å²) in [6, 6.07) is 9.40. The Balaban J connectivity index is 0.00000120. The third-order valence-corrected chi connectivity index (χ3v) is 6.42. The van der Waals surface area contributed by atoms with E-state index in [4.69, 9.17) is 4.98 Å². The number of amides is 1. The average Bonchev–Trinajstić information content (AvgIpc) is 3.25. The number of imidazole rings is 1. The van der Waals surface area contributed by atoms with Gasteiger partial charge in [0, 0.05) is 48.9 Å². The lowest BCUT2D eigenvalue weighted by Gasteiger charge is -2.28. The van der Waals surface area contributed by atoms with Gasteiger partial charge >= 0.3 is 0 Å². The molecule has 3 aliphatic rings. The largest absolute Gasteiger partial charge is 0.334 e. The van der Waals surface area contributed by atoms with Crippen LogP contribution in [0.5, 0.6) is 0 Å². The fourth-order valence-corrected chi connectivity index (χ4v) is 5.09. The molecule has 2 fully saturated rings. The summed E-state index contributed by atoms with van der Waals surface area (Å²) in [6.45, 7) is 1.08. The van der Waals surface area contributed by atoms with E-state index in [1.807, 2.05) is 12.1 Å². The molecule has 3 aliphatic heterocycles. The minimum absolute atomic E-state index is 0. The Kier molecular flexibility index (Phi) is 7.25. The summed E-state index contributed by atoms with van der Waals surface area (Å²) in [5, 5.41) is 6.73. The molecular weight excluding hydrogens is 407 g/mol. The highest BCUT2D eigenvalue weighted by Gasteiger charge is 2.34. The minimum atomic E-state index is 0. The molecule has 2 atom stereocenters. The fraction of sp³-hybridized carbons (Fsp3) is 0.545. The molecule has 0 aliphatic carbocycles. The number of carbonyl (C=O) groups is 1. The van der Waals surface area contributed by atoms with Crippen molar-refractivity contribution >= 4 is 36.4 Å². The lowest BCUT2D eigenvalue weighted by molar-refractivity contribution is -0.117. The van der Waals surface area contributed by atoms with Crippen molar-refractivity contribution in [2.45, 2.75) is 70.0 Å². The van der Waals surface area contributed by atoms with Gasteiger partial charge in [-0.25, -0.2) is 4.98 Å². The third kappa shape index (κ3) is 4.96. The van der Waals surface area contributed by atoms with Crippen molar-refractivity contribution < 1.29 is 4.79 Å². The highest BCUT2D eigenvalue weighted by Crippen LogP contribution is 2.33. The van der Waals surface area contributed by atoms with Gasteiger partial charge in [-0.3, -0.25) is 4.79 Å². The van der Waals surface area contributed by atoms with Crippen LogP contribution in [0.4, 0.5) is 5.69 Å². The maximum Gasteiger partial charge on any atom is 0.224 e. The molecule has 158 valence electrons. The second-order valence-electron chi connectivity index (χ2n) is 8.50. The first-order valence-corrected chi connectivity index (χ1v) is 10.5. The van der Waals surface area contributed by atoms with E-state index in [2.05, 4.69) is 33.5 Å². The van der Waals surface area contributed by atoms with Crippen LogP contribution in [0, 0.1) is 5.92 Å². The average molecular weight is 437 g/mol. The minimum Gasteiger partial charge on any atom is -0.334 e. The van der Waals surface area contributed by atoms with E-state index in [1.165, 1.54) is 31.5 Å². The first-order valence-electron chi connectivity index (χ1n) is 10.5. The van der Waals surface area contributed by atoms with Crippen molar-refractivity contribution in [1.29, 1.82) is 0 Å². The fourth-order valence-electron chi connectivity index (χ4n) is 5.09. The number of aromatic nitrogens is 2. The quantitative estimate of drug-likeness (QED) is 0.736. The molecule has 2 unspecified atom stereocenters. The number of rotatable bonds is 4. The third-order valence-electron chi connectivity index (χ3n) is 6.42. The number of benzene rings is 1. The van der Waals surface area contributed by atoms with Crippen LogP contribution in [-0.4, -0.2) is 27.5 Å². The van der Waals surface area contributed by atoms with Crippen LogP contribution in [-0.2, 0) is 17.8 Å². The van der Waals surface area contributed by atoms with Gasteiger partial charge in [-0.15, -0.1) is 24.8 Å². The van der Waals surface area contributed by atoms with E-state index in [0.29, 0.717) is 24.4 Å². The summed E-state index contributed by atoms with van der Waals surface area (Å²) in [5.41, 5.74) is 3.03. The first kappa shape index (κ1) is 22.1. The monoisotopic (exact) mass is 436 g/mol. The molecule has 2 saturated heterocycles. The molecule has 2 bridgehead atoms. The lowest BCUT2D eigenvalue weighted by Crippen LogP contribution is -2.39. The molecule has 5 rings (SSSR count). The highest BCUT2D eigenvalue weighted by molar-refractivity contribution is 5.91. The van der Waals surface area contributed by atoms with Crippen LogP contribution in [0.2, 0.25) is 0 Å². The molecule has 0 saturated carbocycles. The van der Waals surface area contributed by atoms with E-state index < -0.39 is 0 Å². The molecule has 1 amide bonds. The zero-order valence-electron chi connectivity index (χ0n) is 16.6. The summed E-state index contributed by atoms with van der Waals surface area (Å²) >= 11 is 0. The van der Waals surface area contributed by atoms with Gasteiger partial charge in [-0.1, -0.05) is 12.1 Å². The second-order valence-corrected chi connectivity index (χ2v) is 8.50. The van der Waals surface area contributed by atoms with Crippen molar-refractivity contribution in [1.82, 2.24) is 14.9 Å². The van der Waals surface area contributed by atoms with Gasteiger partial charge in [0.15, 0.2) is 0 Å². The number of anilines is 1. The van der Waals surface area contributed by atoms with Crippen molar-refractivity contribution in [3.05, 3.63) is 36.3 Å². The Morgan fingerprint density at radius 3 is 2.52 bits per heavy atom. The van der Waals surface area contributed by atoms with Crippen molar-refractivity contribution in [2.75, 3.05) is 5.32 Å². The van der Waals surface area contributed by atoms with Crippen LogP contribution >= 0.6 is 24.8 Å². The Hall–Kier alpha value is -1.56. The van der Waals surface area contributed by atoms with Gasteiger partial charge in [0.2, 0.25) is 5.91 Å². The number of fused-ring (bicyclic) bond motifs is 3. The molecule has 5 nitrogen and oxygen atoms in total. The summed E-state index contributed by atoms with van der Waals surface area (Å²) in [4.78, 5) is 17.2. The normalized spacial score (nSPS) is 24.8. The van der Waals surface area contributed by atoms with Crippen molar-refractivity contribution in [3.8, 4) is 11.3 Å². The van der Waals surface area contributed by atoms with E-state index in [9.17, 15) is 4.79 Å². The smallest absolute Gasteiger partial charge is 0.224 e. The maximum atomic E-state index is 12.5.